The fraction of sp³-hybridized carbons (Fsp3) is 0.273. The molecule has 0 radical (unpaired) electrons. The van der Waals surface area contributed by atoms with E-state index in [1.54, 1.807) is 24.3 Å². The number of allylic oxidation sites excluding steroid dienone is 1. The van der Waals surface area contributed by atoms with E-state index in [-0.39, 0.29) is 6.54 Å². The predicted molar refractivity (Wildman–Crippen MR) is 120 cm³/mol. The molecule has 1 heterocycles. The van der Waals surface area contributed by atoms with Crippen LogP contribution in [0.3, 0.4) is 0 Å². The van der Waals surface area contributed by atoms with Gasteiger partial charge in [-0.3, -0.25) is 0 Å². The fourth-order valence-electron chi connectivity index (χ4n) is 3.62. The first-order valence-electron chi connectivity index (χ1n) is 9.34. The number of nitrogens with one attached hydrogen (secondary N) is 1. The summed E-state index contributed by atoms with van der Waals surface area (Å²) in [6.07, 6.45) is -4.04. The molecule has 1 N–H and O–H groups in total. The summed E-state index contributed by atoms with van der Waals surface area (Å²) in [4.78, 5) is 12.8. The Morgan fingerprint density at radius 2 is 1.94 bits per heavy atom. The Kier molecular flexibility index (Phi) is 6.53. The highest BCUT2D eigenvalue weighted by Crippen LogP contribution is 2.40. The lowest BCUT2D eigenvalue weighted by Gasteiger charge is -2.27. The number of hydrogen-bond acceptors (Lipinski definition) is 2. The molecule has 3 rings (SSSR count). The van der Waals surface area contributed by atoms with E-state index in [1.165, 1.54) is 17.1 Å². The van der Waals surface area contributed by atoms with Crippen molar-refractivity contribution in [2.75, 3.05) is 11.9 Å². The first kappa shape index (κ1) is 23.3. The molecule has 1 unspecified atom stereocenters. The number of carbonyl (C=O) groups excluding carboxylic acids is 1. The van der Waals surface area contributed by atoms with Crippen molar-refractivity contribution >= 4 is 45.0 Å². The lowest BCUT2D eigenvalue weighted by Crippen LogP contribution is -2.36. The molecule has 1 aliphatic rings. The molecule has 1 aliphatic heterocycles. The molecule has 0 spiro atoms. The molecular weight excluding hydrogens is 495 g/mol. The van der Waals surface area contributed by atoms with Crippen molar-refractivity contribution in [2.45, 2.75) is 26.4 Å². The summed E-state index contributed by atoms with van der Waals surface area (Å²) in [5, 5.41) is 8.11. The van der Waals surface area contributed by atoms with Gasteiger partial charge in [0, 0.05) is 15.6 Å². The smallest absolute Gasteiger partial charge is 0.306 e. The third-order valence-electron chi connectivity index (χ3n) is 4.86. The number of rotatable bonds is 4. The van der Waals surface area contributed by atoms with Crippen LogP contribution in [0, 0.1) is 5.41 Å². The molecular formula is C22H20BrClF3N3O. The van der Waals surface area contributed by atoms with E-state index in [1.807, 2.05) is 13.8 Å². The number of halogens is 5. The van der Waals surface area contributed by atoms with Crippen LogP contribution in [0.1, 0.15) is 31.4 Å². The Hall–Kier alpha value is -2.32. The van der Waals surface area contributed by atoms with Gasteiger partial charge in [-0.1, -0.05) is 46.1 Å². The largest absolute Gasteiger partial charge is 0.417 e. The van der Waals surface area contributed by atoms with Gasteiger partial charge in [0.2, 0.25) is 0 Å². The minimum Gasteiger partial charge on any atom is -0.306 e. The molecule has 0 saturated heterocycles. The van der Waals surface area contributed by atoms with Crippen molar-refractivity contribution in [2.24, 2.45) is 10.5 Å². The second-order valence-electron chi connectivity index (χ2n) is 7.83. The van der Waals surface area contributed by atoms with Gasteiger partial charge >= 0.3 is 12.2 Å². The fourth-order valence-corrected chi connectivity index (χ4v) is 4.18. The summed E-state index contributed by atoms with van der Waals surface area (Å²) in [5.41, 5.74) is 0.825. The lowest BCUT2D eigenvalue weighted by molar-refractivity contribution is -0.137. The van der Waals surface area contributed by atoms with Crippen molar-refractivity contribution in [1.29, 1.82) is 0 Å². The van der Waals surface area contributed by atoms with E-state index in [9.17, 15) is 18.0 Å². The Morgan fingerprint density at radius 1 is 1.29 bits per heavy atom. The molecule has 4 nitrogen and oxygen atoms in total. The number of hydrogen-bond donors (Lipinski definition) is 1. The number of anilines is 1. The Morgan fingerprint density at radius 3 is 2.48 bits per heavy atom. The highest BCUT2D eigenvalue weighted by molar-refractivity contribution is 9.10. The third kappa shape index (κ3) is 5.30. The van der Waals surface area contributed by atoms with Gasteiger partial charge < -0.3 is 5.32 Å². The van der Waals surface area contributed by atoms with E-state index < -0.39 is 28.2 Å². The van der Waals surface area contributed by atoms with Gasteiger partial charge in [-0.15, -0.1) is 6.58 Å². The van der Waals surface area contributed by atoms with Crippen LogP contribution in [-0.4, -0.2) is 23.3 Å². The molecule has 0 saturated carbocycles. The predicted octanol–water partition coefficient (Wildman–Crippen LogP) is 7.35. The van der Waals surface area contributed by atoms with Gasteiger partial charge in [0.15, 0.2) is 0 Å². The van der Waals surface area contributed by atoms with Crippen LogP contribution in [0.25, 0.3) is 0 Å². The van der Waals surface area contributed by atoms with Crippen LogP contribution < -0.4 is 5.32 Å². The molecule has 0 aromatic heterocycles. The van der Waals surface area contributed by atoms with Crippen molar-refractivity contribution < 1.29 is 18.0 Å². The first-order chi connectivity index (χ1) is 14.4. The van der Waals surface area contributed by atoms with Crippen molar-refractivity contribution in [3.8, 4) is 0 Å². The van der Waals surface area contributed by atoms with Crippen LogP contribution >= 0.6 is 27.5 Å². The maximum Gasteiger partial charge on any atom is 0.417 e. The van der Waals surface area contributed by atoms with E-state index in [4.69, 9.17) is 11.6 Å². The first-order valence-corrected chi connectivity index (χ1v) is 10.5. The van der Waals surface area contributed by atoms with Crippen LogP contribution in [0.15, 0.2) is 64.2 Å². The minimum absolute atomic E-state index is 0.246. The molecule has 2 aromatic rings. The molecule has 31 heavy (non-hydrogen) atoms. The van der Waals surface area contributed by atoms with Gasteiger partial charge in [-0.25, -0.2) is 9.80 Å². The summed E-state index contributed by atoms with van der Waals surface area (Å²) in [7, 11) is 0. The average Bonchev–Trinajstić information content (AvgIpc) is 2.99. The molecule has 0 aliphatic carbocycles. The molecule has 2 aromatic carbocycles. The highest BCUT2D eigenvalue weighted by atomic mass is 79.9. The summed E-state index contributed by atoms with van der Waals surface area (Å²) in [5.74, 6) is 0. The maximum absolute atomic E-state index is 13.1. The quantitative estimate of drug-likeness (QED) is 0.426. The standard InChI is InChI=1S/C22H20BrClF3N3O/c1-13(2)11-21(3)12-30(20(31)28-16-7-5-15(23)6-8-16)29-19(21)14-4-9-17(18(24)10-14)22(25,26)27/h4-10H,1,11-12H2,2-3H3,(H,28,31). The summed E-state index contributed by atoms with van der Waals surface area (Å²) < 4.78 is 40.1. The van der Waals surface area contributed by atoms with E-state index in [0.717, 1.165) is 16.1 Å². The van der Waals surface area contributed by atoms with Gasteiger partial charge in [0.25, 0.3) is 0 Å². The summed E-state index contributed by atoms with van der Waals surface area (Å²) >= 11 is 9.26. The van der Waals surface area contributed by atoms with Crippen LogP contribution in [-0.2, 0) is 6.18 Å². The van der Waals surface area contributed by atoms with Crippen molar-refractivity contribution in [1.82, 2.24) is 5.01 Å². The summed E-state index contributed by atoms with van der Waals surface area (Å²) in [6.45, 7) is 7.95. The number of nitrogens with zero attached hydrogens (tertiary/aromatic N) is 2. The average molecular weight is 515 g/mol. The van der Waals surface area contributed by atoms with Crippen LogP contribution in [0.4, 0.5) is 23.7 Å². The monoisotopic (exact) mass is 513 g/mol. The van der Waals surface area contributed by atoms with Gasteiger partial charge in [-0.2, -0.15) is 18.3 Å². The van der Waals surface area contributed by atoms with Gasteiger partial charge in [0.05, 0.1) is 22.8 Å². The highest BCUT2D eigenvalue weighted by Gasteiger charge is 2.42. The number of amides is 2. The van der Waals surface area contributed by atoms with Gasteiger partial charge in [-0.05, 0) is 55.3 Å². The zero-order valence-corrected chi connectivity index (χ0v) is 19.2. The third-order valence-corrected chi connectivity index (χ3v) is 5.70. The van der Waals surface area contributed by atoms with E-state index >= 15 is 0 Å². The molecule has 1 atom stereocenters. The number of carbonyl (C=O) groups is 1. The lowest BCUT2D eigenvalue weighted by atomic mass is 9.77. The molecule has 2 amide bonds. The Bertz CT molecular complexity index is 1050. The Balaban J connectivity index is 1.94. The normalized spacial score (nSPS) is 18.7. The number of urea groups is 1. The topological polar surface area (TPSA) is 44.7 Å². The van der Waals surface area contributed by atoms with Crippen molar-refractivity contribution in [3.05, 3.63) is 75.2 Å². The van der Waals surface area contributed by atoms with E-state index in [0.29, 0.717) is 23.4 Å². The zero-order valence-electron chi connectivity index (χ0n) is 16.9. The Labute approximate surface area is 191 Å². The van der Waals surface area contributed by atoms with Crippen LogP contribution in [0.2, 0.25) is 5.02 Å². The number of hydrazone groups is 1. The second-order valence-corrected chi connectivity index (χ2v) is 9.15. The van der Waals surface area contributed by atoms with E-state index in [2.05, 4.69) is 32.9 Å². The zero-order chi connectivity index (χ0) is 23.0. The van der Waals surface area contributed by atoms with Crippen LogP contribution in [0.5, 0.6) is 0 Å². The summed E-state index contributed by atoms with van der Waals surface area (Å²) in [6, 6.07) is 10.1. The van der Waals surface area contributed by atoms with Gasteiger partial charge in [0.1, 0.15) is 0 Å². The molecule has 9 heteroatoms. The minimum atomic E-state index is -4.55. The van der Waals surface area contributed by atoms with Crippen molar-refractivity contribution in [3.63, 3.8) is 0 Å². The number of alkyl halides is 3. The maximum atomic E-state index is 13.1. The SMILES string of the molecule is C=C(C)CC1(C)CN(C(=O)Nc2ccc(Br)cc2)N=C1c1ccc(C(F)(F)F)c(Cl)c1. The molecule has 164 valence electrons. The molecule has 0 fully saturated rings. The number of benzene rings is 2. The molecule has 0 bridgehead atoms. The second kappa shape index (κ2) is 8.67.